The Morgan fingerprint density at radius 2 is 1.74 bits per heavy atom. The quantitative estimate of drug-likeness (QED) is 0.713. The molecule has 0 unspecified atom stereocenters. The Kier molecular flexibility index (Phi) is 3.72. The third-order valence-corrected chi connectivity index (χ3v) is 2.38. The summed E-state index contributed by atoms with van der Waals surface area (Å²) >= 11 is 0. The van der Waals surface area contributed by atoms with Crippen LogP contribution in [-0.2, 0) is 0 Å². The molecule has 2 rings (SSSR count). The van der Waals surface area contributed by atoms with Gasteiger partial charge in [0.05, 0.1) is 11.3 Å². The van der Waals surface area contributed by atoms with Gasteiger partial charge in [-0.15, -0.1) is 0 Å². The maximum Gasteiger partial charge on any atom is 0.423 e. The molecular formula is C13H11N3O3. The van der Waals surface area contributed by atoms with Gasteiger partial charge >= 0.3 is 6.09 Å². The van der Waals surface area contributed by atoms with Gasteiger partial charge in [0, 0.05) is 11.8 Å². The minimum Gasteiger partial charge on any atom is -0.464 e. The Hall–Kier alpha value is -2.89. The molecule has 19 heavy (non-hydrogen) atoms. The molecule has 0 aliphatic carbocycles. The fourth-order valence-corrected chi connectivity index (χ4v) is 1.49. The first-order valence-electron chi connectivity index (χ1n) is 5.47. The summed E-state index contributed by atoms with van der Waals surface area (Å²) in [6.07, 6.45) is 0.0588. The van der Waals surface area contributed by atoms with E-state index in [1.807, 2.05) is 35.8 Å². The maximum absolute atomic E-state index is 11.5. The normalized spacial score (nSPS) is 9.68. The first kappa shape index (κ1) is 12.6. The number of nitrogens with one attached hydrogen (secondary N) is 2. The van der Waals surface area contributed by atoms with Crippen molar-refractivity contribution >= 4 is 12.0 Å². The number of hydrogen-bond donors (Lipinski definition) is 3. The number of hydrazine groups is 1. The lowest BCUT2D eigenvalue weighted by Crippen LogP contribution is -2.40. The number of pyridine rings is 1. The molecule has 2 amide bonds. The van der Waals surface area contributed by atoms with Crippen molar-refractivity contribution in [1.82, 2.24) is 15.8 Å². The molecule has 0 saturated carbocycles. The summed E-state index contributed by atoms with van der Waals surface area (Å²) < 4.78 is 0. The number of benzene rings is 1. The summed E-state index contributed by atoms with van der Waals surface area (Å²) in [5.74, 6) is -0.561. The average Bonchev–Trinajstić information content (AvgIpc) is 2.46. The fraction of sp³-hybridized carbons (Fsp3) is 0. The monoisotopic (exact) mass is 257 g/mol. The van der Waals surface area contributed by atoms with E-state index in [4.69, 9.17) is 5.11 Å². The van der Waals surface area contributed by atoms with Crippen LogP contribution in [-0.4, -0.2) is 22.1 Å². The molecule has 6 heteroatoms. The van der Waals surface area contributed by atoms with Crippen LogP contribution in [0.1, 0.15) is 10.4 Å². The summed E-state index contributed by atoms with van der Waals surface area (Å²) in [5.41, 5.74) is 5.76. The van der Waals surface area contributed by atoms with Crippen molar-refractivity contribution in [2.24, 2.45) is 0 Å². The Labute approximate surface area is 109 Å². The highest BCUT2D eigenvalue weighted by Gasteiger charge is 2.07. The van der Waals surface area contributed by atoms with Gasteiger partial charge in [0.2, 0.25) is 0 Å². The van der Waals surface area contributed by atoms with E-state index in [0.717, 1.165) is 11.3 Å². The number of carbonyl (C=O) groups excluding carboxylic acids is 1. The van der Waals surface area contributed by atoms with E-state index in [9.17, 15) is 9.59 Å². The van der Waals surface area contributed by atoms with E-state index in [-0.39, 0.29) is 5.56 Å². The Morgan fingerprint density at radius 1 is 1.00 bits per heavy atom. The van der Waals surface area contributed by atoms with Crippen molar-refractivity contribution in [2.75, 3.05) is 0 Å². The number of aromatic nitrogens is 1. The van der Waals surface area contributed by atoms with E-state index in [1.165, 1.54) is 6.20 Å². The molecule has 0 aliphatic heterocycles. The van der Waals surface area contributed by atoms with Crippen LogP contribution in [0.5, 0.6) is 0 Å². The van der Waals surface area contributed by atoms with E-state index < -0.39 is 12.0 Å². The molecule has 1 aromatic carbocycles. The van der Waals surface area contributed by atoms with Crippen molar-refractivity contribution in [3.8, 4) is 11.3 Å². The fourth-order valence-electron chi connectivity index (χ4n) is 1.49. The lowest BCUT2D eigenvalue weighted by Gasteiger charge is -2.05. The summed E-state index contributed by atoms with van der Waals surface area (Å²) in [6.45, 7) is 0. The van der Waals surface area contributed by atoms with Gasteiger partial charge in [-0.2, -0.15) is 0 Å². The largest absolute Gasteiger partial charge is 0.464 e. The highest BCUT2D eigenvalue weighted by Crippen LogP contribution is 2.15. The van der Waals surface area contributed by atoms with Crippen LogP contribution in [0.3, 0.4) is 0 Å². The van der Waals surface area contributed by atoms with Crippen molar-refractivity contribution in [2.45, 2.75) is 0 Å². The number of amides is 2. The molecule has 96 valence electrons. The van der Waals surface area contributed by atoms with Gasteiger partial charge in [0.1, 0.15) is 0 Å². The van der Waals surface area contributed by atoms with Gasteiger partial charge in [0.15, 0.2) is 0 Å². The number of hydrogen-bond acceptors (Lipinski definition) is 3. The molecule has 3 N–H and O–H groups in total. The third-order valence-electron chi connectivity index (χ3n) is 2.38. The van der Waals surface area contributed by atoms with Crippen molar-refractivity contribution < 1.29 is 14.7 Å². The van der Waals surface area contributed by atoms with E-state index in [1.54, 1.807) is 17.6 Å². The molecule has 0 aliphatic rings. The predicted octanol–water partition coefficient (Wildman–Crippen LogP) is 1.66. The second kappa shape index (κ2) is 5.63. The van der Waals surface area contributed by atoms with Crippen LogP contribution < -0.4 is 10.9 Å². The molecule has 6 nitrogen and oxygen atoms in total. The van der Waals surface area contributed by atoms with E-state index in [2.05, 4.69) is 4.98 Å². The molecule has 0 fully saturated rings. The van der Waals surface area contributed by atoms with Crippen LogP contribution in [0.2, 0.25) is 0 Å². The molecule has 0 spiro atoms. The number of nitrogens with zero attached hydrogens (tertiary/aromatic N) is 1. The lowest BCUT2D eigenvalue weighted by atomic mass is 10.1. The van der Waals surface area contributed by atoms with Crippen molar-refractivity contribution in [1.29, 1.82) is 0 Å². The van der Waals surface area contributed by atoms with Crippen LogP contribution in [0, 0.1) is 0 Å². The zero-order chi connectivity index (χ0) is 13.7. The Morgan fingerprint density at radius 3 is 2.32 bits per heavy atom. The minimum atomic E-state index is -1.33. The van der Waals surface area contributed by atoms with E-state index >= 15 is 0 Å². The molecule has 0 radical (unpaired) electrons. The standard InChI is InChI=1S/C13H11N3O3/c17-12(15-16-13(18)19)10-6-7-11(14-8-10)9-4-2-1-3-5-9/h1-8,16H,(H,15,17)(H,18,19). The van der Waals surface area contributed by atoms with Crippen LogP contribution >= 0.6 is 0 Å². The predicted molar refractivity (Wildman–Crippen MR) is 68.3 cm³/mol. The SMILES string of the molecule is O=C(O)NNC(=O)c1ccc(-c2ccccc2)nc1. The zero-order valence-electron chi connectivity index (χ0n) is 9.83. The smallest absolute Gasteiger partial charge is 0.423 e. The second-order valence-electron chi connectivity index (χ2n) is 3.68. The molecular weight excluding hydrogens is 246 g/mol. The summed E-state index contributed by atoms with van der Waals surface area (Å²) in [5, 5.41) is 8.36. The Bertz CT molecular complexity index is 582. The Balaban J connectivity index is 2.10. The van der Waals surface area contributed by atoms with Gasteiger partial charge in [-0.25, -0.2) is 10.2 Å². The van der Waals surface area contributed by atoms with Gasteiger partial charge in [-0.3, -0.25) is 15.2 Å². The third kappa shape index (κ3) is 3.29. The lowest BCUT2D eigenvalue weighted by molar-refractivity contribution is 0.0926. The number of carbonyl (C=O) groups is 2. The van der Waals surface area contributed by atoms with Crippen molar-refractivity contribution in [3.63, 3.8) is 0 Å². The second-order valence-corrected chi connectivity index (χ2v) is 3.68. The topological polar surface area (TPSA) is 91.3 Å². The summed E-state index contributed by atoms with van der Waals surface area (Å²) in [7, 11) is 0. The van der Waals surface area contributed by atoms with Crippen molar-refractivity contribution in [3.05, 3.63) is 54.2 Å². The van der Waals surface area contributed by atoms with Crippen LogP contribution in [0.25, 0.3) is 11.3 Å². The molecule has 1 aromatic heterocycles. The first-order valence-corrected chi connectivity index (χ1v) is 5.47. The summed E-state index contributed by atoms with van der Waals surface area (Å²) in [6, 6.07) is 12.8. The highest BCUT2D eigenvalue weighted by molar-refractivity contribution is 5.94. The first-order chi connectivity index (χ1) is 9.16. The van der Waals surface area contributed by atoms with E-state index in [0.29, 0.717) is 0 Å². The molecule has 0 atom stereocenters. The minimum absolute atomic E-state index is 0.272. The summed E-state index contributed by atoms with van der Waals surface area (Å²) in [4.78, 5) is 25.9. The maximum atomic E-state index is 11.5. The highest BCUT2D eigenvalue weighted by atomic mass is 16.4. The molecule has 0 bridgehead atoms. The number of carboxylic acid groups (broad SMARTS) is 1. The molecule has 0 saturated heterocycles. The van der Waals surface area contributed by atoms with Crippen LogP contribution in [0.15, 0.2) is 48.7 Å². The zero-order valence-corrected chi connectivity index (χ0v) is 9.83. The van der Waals surface area contributed by atoms with Gasteiger partial charge < -0.3 is 5.11 Å². The number of rotatable bonds is 2. The van der Waals surface area contributed by atoms with Gasteiger partial charge in [-0.05, 0) is 12.1 Å². The van der Waals surface area contributed by atoms with Gasteiger partial charge in [-0.1, -0.05) is 30.3 Å². The molecule has 2 aromatic rings. The van der Waals surface area contributed by atoms with Crippen LogP contribution in [0.4, 0.5) is 4.79 Å². The average molecular weight is 257 g/mol. The molecule has 1 heterocycles. The van der Waals surface area contributed by atoms with Gasteiger partial charge in [0.25, 0.3) is 5.91 Å².